The smallest absolute Gasteiger partial charge is 0.391 e. The minimum absolute atomic E-state index is 0.000368. The second-order valence-corrected chi connectivity index (χ2v) is 2.87. The molecule has 0 saturated carbocycles. The Morgan fingerprint density at radius 3 is 2.64 bits per heavy atom. The molecule has 0 spiro atoms. The van der Waals surface area contributed by atoms with Crippen molar-refractivity contribution in [2.24, 2.45) is 5.73 Å². The van der Waals surface area contributed by atoms with Crippen molar-refractivity contribution in [1.82, 2.24) is 10.2 Å². The number of nitrogens with two attached hydrogens (primary N) is 1. The van der Waals surface area contributed by atoms with Crippen LogP contribution in [0.15, 0.2) is 6.07 Å². The van der Waals surface area contributed by atoms with Crippen molar-refractivity contribution in [2.75, 3.05) is 6.54 Å². The van der Waals surface area contributed by atoms with E-state index in [0.29, 0.717) is 0 Å². The molecule has 0 bridgehead atoms. The van der Waals surface area contributed by atoms with E-state index in [-0.39, 0.29) is 18.7 Å². The Balaban J connectivity index is 2.69. The largest absolute Gasteiger partial charge is 0.435 e. The third-order valence-corrected chi connectivity index (χ3v) is 1.65. The summed E-state index contributed by atoms with van der Waals surface area (Å²) in [6.45, 7) is 0.000368. The van der Waals surface area contributed by atoms with Gasteiger partial charge in [-0.3, -0.25) is 5.10 Å². The van der Waals surface area contributed by atoms with Gasteiger partial charge in [0.2, 0.25) is 0 Å². The third-order valence-electron chi connectivity index (χ3n) is 1.65. The van der Waals surface area contributed by atoms with Crippen LogP contribution in [-0.2, 0) is 12.6 Å². The normalized spacial score (nSPS) is 14.4. The first kappa shape index (κ1) is 11.0. The van der Waals surface area contributed by atoms with Crippen LogP contribution in [0.25, 0.3) is 0 Å². The van der Waals surface area contributed by atoms with Crippen LogP contribution < -0.4 is 5.73 Å². The number of aliphatic hydroxyl groups is 1. The Hall–Kier alpha value is -1.08. The van der Waals surface area contributed by atoms with Crippen LogP contribution in [0.3, 0.4) is 0 Å². The lowest BCUT2D eigenvalue weighted by Crippen LogP contribution is -2.22. The fourth-order valence-corrected chi connectivity index (χ4v) is 0.949. The van der Waals surface area contributed by atoms with Crippen molar-refractivity contribution in [2.45, 2.75) is 18.7 Å². The molecule has 1 atom stereocenters. The Labute approximate surface area is 77.9 Å². The van der Waals surface area contributed by atoms with Gasteiger partial charge in [-0.05, 0) is 6.07 Å². The highest BCUT2D eigenvalue weighted by molar-refractivity contribution is 5.12. The van der Waals surface area contributed by atoms with Crippen molar-refractivity contribution in [3.63, 3.8) is 0 Å². The van der Waals surface area contributed by atoms with Gasteiger partial charge in [0.1, 0.15) is 0 Å². The van der Waals surface area contributed by atoms with E-state index in [2.05, 4.69) is 10.2 Å². The van der Waals surface area contributed by atoms with Crippen molar-refractivity contribution in [3.05, 3.63) is 17.5 Å². The number of rotatable bonds is 3. The van der Waals surface area contributed by atoms with Crippen molar-refractivity contribution < 1.29 is 18.3 Å². The minimum Gasteiger partial charge on any atom is -0.391 e. The predicted octanol–water partition coefficient (Wildman–Crippen LogP) is 0.291. The summed E-state index contributed by atoms with van der Waals surface area (Å²) in [4.78, 5) is 0. The molecule has 0 fully saturated rings. The molecule has 4 nitrogen and oxygen atoms in total. The summed E-state index contributed by atoms with van der Waals surface area (Å²) >= 11 is 0. The zero-order chi connectivity index (χ0) is 10.8. The van der Waals surface area contributed by atoms with Gasteiger partial charge in [-0.15, -0.1) is 0 Å². The third kappa shape index (κ3) is 2.71. The van der Waals surface area contributed by atoms with E-state index in [0.717, 1.165) is 6.07 Å². The van der Waals surface area contributed by atoms with Gasteiger partial charge in [0.05, 0.1) is 6.10 Å². The van der Waals surface area contributed by atoms with E-state index in [1.807, 2.05) is 0 Å². The van der Waals surface area contributed by atoms with Gasteiger partial charge in [-0.1, -0.05) is 0 Å². The van der Waals surface area contributed by atoms with Crippen LogP contribution in [-0.4, -0.2) is 28.0 Å². The van der Waals surface area contributed by atoms with Crippen LogP contribution in [0.1, 0.15) is 11.4 Å². The second kappa shape index (κ2) is 3.97. The van der Waals surface area contributed by atoms with Crippen molar-refractivity contribution in [3.8, 4) is 0 Å². The number of aromatic amines is 1. The summed E-state index contributed by atoms with van der Waals surface area (Å²) in [5, 5.41) is 14.3. The average molecular weight is 209 g/mol. The number of nitrogens with one attached hydrogen (secondary N) is 1. The fraction of sp³-hybridized carbons (Fsp3) is 0.571. The molecule has 1 heterocycles. The molecule has 0 radical (unpaired) electrons. The Morgan fingerprint density at radius 1 is 1.57 bits per heavy atom. The quantitative estimate of drug-likeness (QED) is 0.669. The molecule has 1 aromatic heterocycles. The number of halogens is 3. The minimum atomic E-state index is -4.46. The van der Waals surface area contributed by atoms with Gasteiger partial charge < -0.3 is 10.8 Å². The molecule has 0 aliphatic carbocycles. The maximum absolute atomic E-state index is 12.1. The first-order valence-electron chi connectivity index (χ1n) is 3.93. The SMILES string of the molecule is NCC(O)Cc1cc(C(F)(F)F)n[nH]1. The number of nitrogens with zero attached hydrogens (tertiary/aromatic N) is 1. The lowest BCUT2D eigenvalue weighted by molar-refractivity contribution is -0.141. The van der Waals surface area contributed by atoms with Gasteiger partial charge in [-0.2, -0.15) is 18.3 Å². The Bertz CT molecular complexity index is 297. The first-order chi connectivity index (χ1) is 6.43. The number of alkyl halides is 3. The molecule has 1 unspecified atom stereocenters. The Kier molecular flexibility index (Phi) is 3.12. The van der Waals surface area contributed by atoms with Crippen LogP contribution in [0, 0.1) is 0 Å². The lowest BCUT2D eigenvalue weighted by Gasteiger charge is -2.03. The second-order valence-electron chi connectivity index (χ2n) is 2.87. The molecule has 14 heavy (non-hydrogen) atoms. The molecule has 0 amide bonds. The van der Waals surface area contributed by atoms with E-state index in [4.69, 9.17) is 10.8 Å². The summed E-state index contributed by atoms with van der Waals surface area (Å²) in [6.07, 6.45) is -5.27. The van der Waals surface area contributed by atoms with Gasteiger partial charge in [0, 0.05) is 18.7 Å². The highest BCUT2D eigenvalue weighted by Crippen LogP contribution is 2.27. The molecule has 1 aromatic rings. The number of hydrogen-bond acceptors (Lipinski definition) is 3. The molecule has 80 valence electrons. The number of hydrogen-bond donors (Lipinski definition) is 3. The first-order valence-corrected chi connectivity index (χ1v) is 3.93. The summed E-state index contributed by atoms with van der Waals surface area (Å²) in [6, 6.07) is 0.860. The molecule has 0 aliphatic heterocycles. The molecule has 0 aromatic carbocycles. The number of aromatic nitrogens is 2. The summed E-state index contributed by atoms with van der Waals surface area (Å²) < 4.78 is 36.2. The van der Waals surface area contributed by atoms with Gasteiger partial charge in [0.25, 0.3) is 0 Å². The maximum atomic E-state index is 12.1. The molecule has 0 saturated heterocycles. The molecular formula is C7H10F3N3O. The van der Waals surface area contributed by atoms with Crippen LogP contribution in [0.2, 0.25) is 0 Å². The zero-order valence-corrected chi connectivity index (χ0v) is 7.17. The fourth-order valence-electron chi connectivity index (χ4n) is 0.949. The van der Waals surface area contributed by atoms with E-state index < -0.39 is 18.0 Å². The van der Waals surface area contributed by atoms with Gasteiger partial charge in [0.15, 0.2) is 5.69 Å². The van der Waals surface area contributed by atoms with Crippen molar-refractivity contribution >= 4 is 0 Å². The average Bonchev–Trinajstić information content (AvgIpc) is 2.51. The molecule has 1 rings (SSSR count). The number of aliphatic hydroxyl groups excluding tert-OH is 1. The predicted molar refractivity (Wildman–Crippen MR) is 42.4 cm³/mol. The van der Waals surface area contributed by atoms with E-state index in [9.17, 15) is 13.2 Å². The molecule has 7 heteroatoms. The molecule has 4 N–H and O–H groups in total. The van der Waals surface area contributed by atoms with Gasteiger partial charge >= 0.3 is 6.18 Å². The van der Waals surface area contributed by atoms with Crippen LogP contribution in [0.5, 0.6) is 0 Å². The summed E-state index contributed by atoms with van der Waals surface area (Å²) in [5.74, 6) is 0. The summed E-state index contributed by atoms with van der Waals surface area (Å²) in [7, 11) is 0. The highest BCUT2D eigenvalue weighted by Gasteiger charge is 2.33. The zero-order valence-electron chi connectivity index (χ0n) is 7.17. The van der Waals surface area contributed by atoms with Crippen molar-refractivity contribution in [1.29, 1.82) is 0 Å². The van der Waals surface area contributed by atoms with Gasteiger partial charge in [-0.25, -0.2) is 0 Å². The standard InChI is InChI=1S/C7H10F3N3O/c8-7(9,10)6-2-4(12-13-6)1-5(14)3-11/h2,5,14H,1,3,11H2,(H,12,13). The topological polar surface area (TPSA) is 74.9 Å². The molecular weight excluding hydrogens is 199 g/mol. The van der Waals surface area contributed by atoms with Crippen LogP contribution >= 0.6 is 0 Å². The van der Waals surface area contributed by atoms with Crippen LogP contribution in [0.4, 0.5) is 13.2 Å². The molecule has 0 aliphatic rings. The van der Waals surface area contributed by atoms with E-state index in [1.54, 1.807) is 0 Å². The monoisotopic (exact) mass is 209 g/mol. The van der Waals surface area contributed by atoms with E-state index >= 15 is 0 Å². The lowest BCUT2D eigenvalue weighted by atomic mass is 10.2. The van der Waals surface area contributed by atoms with E-state index in [1.165, 1.54) is 0 Å². The highest BCUT2D eigenvalue weighted by atomic mass is 19.4. The Morgan fingerprint density at radius 2 is 2.21 bits per heavy atom. The number of H-pyrrole nitrogens is 1. The summed E-state index contributed by atoms with van der Waals surface area (Å²) in [5.41, 5.74) is 4.33. The maximum Gasteiger partial charge on any atom is 0.435 e.